The Labute approximate surface area is 147 Å². The third kappa shape index (κ3) is 3.83. The second-order valence-electron chi connectivity index (χ2n) is 6.06. The molecule has 3 rings (SSSR count). The first kappa shape index (κ1) is 17.5. The zero-order valence-corrected chi connectivity index (χ0v) is 14.4. The van der Waals surface area contributed by atoms with Gasteiger partial charge in [0.15, 0.2) is 0 Å². The van der Waals surface area contributed by atoms with E-state index in [0.717, 1.165) is 0 Å². The van der Waals surface area contributed by atoms with Crippen molar-refractivity contribution < 1.29 is 19.4 Å². The molecule has 5 nitrogen and oxygen atoms in total. The summed E-state index contributed by atoms with van der Waals surface area (Å²) in [6.45, 7) is 1.37. The second kappa shape index (κ2) is 8.14. The number of likely N-dealkylation sites (N-methyl/N-ethyl adjacent to an activating group) is 1. The van der Waals surface area contributed by atoms with Gasteiger partial charge in [0.2, 0.25) is 0 Å². The molecule has 1 amide bonds. The van der Waals surface area contributed by atoms with Crippen molar-refractivity contribution in [1.82, 2.24) is 4.90 Å². The number of benzene rings is 2. The number of aliphatic hydroxyl groups is 1. The van der Waals surface area contributed by atoms with Crippen LogP contribution in [0.15, 0.2) is 48.5 Å². The molecule has 0 saturated carbocycles. The molecule has 132 valence electrons. The maximum atomic E-state index is 12.2. The Kier molecular flexibility index (Phi) is 5.68. The average molecular weight is 341 g/mol. The minimum Gasteiger partial charge on any atom is -0.448 e. The van der Waals surface area contributed by atoms with Crippen LogP contribution in [-0.4, -0.2) is 56.1 Å². The van der Waals surface area contributed by atoms with Gasteiger partial charge in [0.25, 0.3) is 0 Å². The Bertz CT molecular complexity index is 686. The Morgan fingerprint density at radius 2 is 1.64 bits per heavy atom. The summed E-state index contributed by atoms with van der Waals surface area (Å²) in [4.78, 5) is 13.7. The molecule has 1 aliphatic rings. The van der Waals surface area contributed by atoms with Crippen molar-refractivity contribution in [1.29, 1.82) is 0 Å². The van der Waals surface area contributed by atoms with Gasteiger partial charge in [0.1, 0.15) is 6.61 Å². The van der Waals surface area contributed by atoms with Gasteiger partial charge in [0, 0.05) is 19.5 Å². The molecule has 0 radical (unpaired) electrons. The van der Waals surface area contributed by atoms with Gasteiger partial charge in [0.05, 0.1) is 19.8 Å². The van der Waals surface area contributed by atoms with E-state index in [1.165, 1.54) is 27.2 Å². The Balaban J connectivity index is 1.62. The maximum Gasteiger partial charge on any atom is 0.409 e. The van der Waals surface area contributed by atoms with Crippen LogP contribution in [0.1, 0.15) is 17.0 Å². The summed E-state index contributed by atoms with van der Waals surface area (Å²) in [7, 11) is 1.68. The highest BCUT2D eigenvalue weighted by molar-refractivity contribution is 5.79. The molecule has 2 aromatic carbocycles. The topological polar surface area (TPSA) is 59.0 Å². The van der Waals surface area contributed by atoms with E-state index in [9.17, 15) is 4.79 Å². The number of fused-ring (bicyclic) bond motifs is 3. The van der Waals surface area contributed by atoms with Crippen molar-refractivity contribution >= 4 is 6.09 Å². The normalized spacial score (nSPS) is 12.6. The molecular formula is C20H23NO4. The number of ether oxygens (including phenoxy) is 2. The van der Waals surface area contributed by atoms with Crippen molar-refractivity contribution in [3.63, 3.8) is 0 Å². The fourth-order valence-corrected chi connectivity index (χ4v) is 3.16. The summed E-state index contributed by atoms with van der Waals surface area (Å²) in [6, 6.07) is 16.5. The van der Waals surface area contributed by atoms with Crippen LogP contribution < -0.4 is 0 Å². The smallest absolute Gasteiger partial charge is 0.409 e. The van der Waals surface area contributed by atoms with E-state index in [1.807, 2.05) is 24.3 Å². The highest BCUT2D eigenvalue weighted by Crippen LogP contribution is 2.44. The standard InChI is InChI=1S/C20H23NO4/c1-21(10-12-24-13-11-22)20(23)25-14-19-17-8-4-2-6-15(17)16-7-3-5-9-18(16)19/h2-9,19,22H,10-14H2,1H3. The zero-order valence-electron chi connectivity index (χ0n) is 14.4. The predicted molar refractivity (Wildman–Crippen MR) is 95.6 cm³/mol. The van der Waals surface area contributed by atoms with Crippen LogP contribution in [0.4, 0.5) is 4.79 Å². The van der Waals surface area contributed by atoms with Crippen molar-refractivity contribution in [3.05, 3.63) is 59.7 Å². The second-order valence-corrected chi connectivity index (χ2v) is 6.06. The first-order chi connectivity index (χ1) is 12.2. The Morgan fingerprint density at radius 1 is 1.04 bits per heavy atom. The van der Waals surface area contributed by atoms with Crippen LogP contribution in [0.25, 0.3) is 11.1 Å². The average Bonchev–Trinajstić information content (AvgIpc) is 2.97. The van der Waals surface area contributed by atoms with Crippen molar-refractivity contribution in [2.45, 2.75) is 5.92 Å². The number of rotatable bonds is 7. The molecular weight excluding hydrogens is 318 g/mol. The summed E-state index contributed by atoms with van der Waals surface area (Å²) in [5.41, 5.74) is 4.82. The van der Waals surface area contributed by atoms with Crippen LogP contribution >= 0.6 is 0 Å². The van der Waals surface area contributed by atoms with Gasteiger partial charge in [-0.3, -0.25) is 0 Å². The number of hydrogen-bond donors (Lipinski definition) is 1. The third-order valence-corrected chi connectivity index (χ3v) is 4.45. The molecule has 0 fully saturated rings. The predicted octanol–water partition coefficient (Wildman–Crippen LogP) is 2.88. The number of amides is 1. The number of hydrogen-bond acceptors (Lipinski definition) is 4. The highest BCUT2D eigenvalue weighted by atomic mass is 16.6. The van der Waals surface area contributed by atoms with E-state index in [-0.39, 0.29) is 25.2 Å². The van der Waals surface area contributed by atoms with E-state index in [0.29, 0.717) is 19.8 Å². The lowest BCUT2D eigenvalue weighted by Crippen LogP contribution is -2.32. The zero-order chi connectivity index (χ0) is 17.6. The molecule has 0 bridgehead atoms. The summed E-state index contributed by atoms with van der Waals surface area (Å²) in [6.07, 6.45) is -0.366. The van der Waals surface area contributed by atoms with Gasteiger partial charge in [-0.15, -0.1) is 0 Å². The number of carbonyl (C=O) groups is 1. The maximum absolute atomic E-state index is 12.2. The third-order valence-electron chi connectivity index (χ3n) is 4.45. The van der Waals surface area contributed by atoms with Gasteiger partial charge >= 0.3 is 6.09 Å². The molecule has 0 atom stereocenters. The minimum atomic E-state index is -0.366. The van der Waals surface area contributed by atoms with Crippen LogP contribution in [0.2, 0.25) is 0 Å². The summed E-state index contributed by atoms with van der Waals surface area (Å²) >= 11 is 0. The molecule has 0 unspecified atom stereocenters. The van der Waals surface area contributed by atoms with E-state index >= 15 is 0 Å². The Hall–Kier alpha value is -2.37. The van der Waals surface area contributed by atoms with E-state index < -0.39 is 0 Å². The first-order valence-electron chi connectivity index (χ1n) is 8.47. The number of aliphatic hydroxyl groups excluding tert-OH is 1. The highest BCUT2D eigenvalue weighted by Gasteiger charge is 2.29. The lowest BCUT2D eigenvalue weighted by Gasteiger charge is -2.19. The SMILES string of the molecule is CN(CCOCCO)C(=O)OCC1c2ccccc2-c2ccccc21. The van der Waals surface area contributed by atoms with Crippen LogP contribution in [0.3, 0.4) is 0 Å². The largest absolute Gasteiger partial charge is 0.448 e. The summed E-state index contributed by atoms with van der Waals surface area (Å²) < 4.78 is 10.7. The molecule has 0 heterocycles. The first-order valence-corrected chi connectivity index (χ1v) is 8.47. The van der Waals surface area contributed by atoms with Crippen LogP contribution in [0.5, 0.6) is 0 Å². The van der Waals surface area contributed by atoms with E-state index in [4.69, 9.17) is 14.6 Å². The van der Waals surface area contributed by atoms with E-state index in [1.54, 1.807) is 7.05 Å². The quantitative estimate of drug-likeness (QED) is 0.787. The van der Waals surface area contributed by atoms with Crippen molar-refractivity contribution in [3.8, 4) is 11.1 Å². The van der Waals surface area contributed by atoms with Crippen molar-refractivity contribution in [2.24, 2.45) is 0 Å². The Morgan fingerprint density at radius 3 is 2.24 bits per heavy atom. The molecule has 5 heteroatoms. The molecule has 2 aromatic rings. The molecule has 25 heavy (non-hydrogen) atoms. The number of nitrogens with zero attached hydrogens (tertiary/aromatic N) is 1. The number of carbonyl (C=O) groups excluding carboxylic acids is 1. The fourth-order valence-electron chi connectivity index (χ4n) is 3.16. The lowest BCUT2D eigenvalue weighted by molar-refractivity contribution is 0.0666. The van der Waals surface area contributed by atoms with Gasteiger partial charge in [-0.1, -0.05) is 48.5 Å². The fraction of sp³-hybridized carbons (Fsp3) is 0.350. The minimum absolute atomic E-state index is 0.0192. The van der Waals surface area contributed by atoms with Crippen molar-refractivity contribution in [2.75, 3.05) is 40.0 Å². The van der Waals surface area contributed by atoms with Gasteiger partial charge in [-0.2, -0.15) is 0 Å². The molecule has 0 aliphatic heterocycles. The lowest BCUT2D eigenvalue weighted by atomic mass is 9.98. The van der Waals surface area contributed by atoms with Crippen LogP contribution in [-0.2, 0) is 9.47 Å². The van der Waals surface area contributed by atoms with Crippen LogP contribution in [0, 0.1) is 0 Å². The monoisotopic (exact) mass is 341 g/mol. The molecule has 1 N–H and O–H groups in total. The molecule has 0 spiro atoms. The van der Waals surface area contributed by atoms with Gasteiger partial charge in [-0.25, -0.2) is 4.79 Å². The molecule has 0 saturated heterocycles. The van der Waals surface area contributed by atoms with Gasteiger partial charge in [-0.05, 0) is 22.3 Å². The molecule has 0 aromatic heterocycles. The molecule has 1 aliphatic carbocycles. The summed E-state index contributed by atoms with van der Waals surface area (Å²) in [5, 5.41) is 8.68. The summed E-state index contributed by atoms with van der Waals surface area (Å²) in [5.74, 6) is 0.0652. The van der Waals surface area contributed by atoms with E-state index in [2.05, 4.69) is 24.3 Å². The van der Waals surface area contributed by atoms with Gasteiger partial charge < -0.3 is 19.5 Å².